The van der Waals surface area contributed by atoms with Gasteiger partial charge in [-0.3, -0.25) is 14.5 Å². The molecule has 3 aromatic carbocycles. The first-order chi connectivity index (χ1) is 20.9. The Hall–Kier alpha value is -3.23. The molecule has 2 amide bonds. The summed E-state index contributed by atoms with van der Waals surface area (Å²) in [6, 6.07) is 26.0. The molecule has 3 heterocycles. The van der Waals surface area contributed by atoms with Crippen molar-refractivity contribution in [1.82, 2.24) is 25.3 Å². The molecule has 1 unspecified atom stereocenters. The number of nitrogens with one attached hydrogen (secondary N) is 2. The van der Waals surface area contributed by atoms with Crippen LogP contribution in [0.25, 0.3) is 0 Å². The average Bonchev–Trinajstić information content (AvgIpc) is 3.45. The van der Waals surface area contributed by atoms with E-state index < -0.39 is 6.04 Å². The second-order valence-electron chi connectivity index (χ2n) is 12.3. The fourth-order valence-corrected chi connectivity index (χ4v) is 7.28. The van der Waals surface area contributed by atoms with E-state index in [0.717, 1.165) is 56.7 Å². The number of piperidine rings is 1. The zero-order valence-corrected chi connectivity index (χ0v) is 25.7. The smallest absolute Gasteiger partial charge is 0.245 e. The standard InChI is InChI=1S/C35H42ClN5O2/c1-39-17-15-35(16-18-39,28-8-3-2-4-9-28)41-21-19-40(20-22-41)34(43)32(23-26-11-13-29(36)14-12-26)38-33(42)24-31-30-10-6-5-7-27(30)25-37-31/h2-14,31-32,37H,15-25H2,1H3,(H,38,42)/t31?,32-/m1/s1. The number of hydrogen-bond donors (Lipinski definition) is 2. The summed E-state index contributed by atoms with van der Waals surface area (Å²) in [7, 11) is 2.20. The Morgan fingerprint density at radius 2 is 1.58 bits per heavy atom. The van der Waals surface area contributed by atoms with Crippen LogP contribution < -0.4 is 10.6 Å². The lowest BCUT2D eigenvalue weighted by Crippen LogP contribution is -2.61. The molecule has 7 nitrogen and oxygen atoms in total. The Kier molecular flexibility index (Phi) is 9.14. The summed E-state index contributed by atoms with van der Waals surface area (Å²) in [5, 5.41) is 7.23. The van der Waals surface area contributed by atoms with E-state index in [2.05, 4.69) is 69.9 Å². The molecule has 2 saturated heterocycles. The summed E-state index contributed by atoms with van der Waals surface area (Å²) in [4.78, 5) is 34.4. The Morgan fingerprint density at radius 1 is 0.907 bits per heavy atom. The number of benzene rings is 3. The van der Waals surface area contributed by atoms with Crippen molar-refractivity contribution >= 4 is 23.4 Å². The van der Waals surface area contributed by atoms with Crippen LogP contribution in [0, 0.1) is 0 Å². The van der Waals surface area contributed by atoms with Gasteiger partial charge in [0.15, 0.2) is 0 Å². The first kappa shape index (κ1) is 29.8. The van der Waals surface area contributed by atoms with Crippen LogP contribution in [0.5, 0.6) is 0 Å². The molecule has 6 rings (SSSR count). The molecule has 8 heteroatoms. The molecule has 3 aliphatic rings. The SMILES string of the molecule is CN1CCC(c2ccccc2)(N2CCN(C(=O)[C@@H](Cc3ccc(Cl)cc3)NC(=O)CC3NCc4ccccc43)CC2)CC1. The normalized spacial score (nSPS) is 21.3. The lowest BCUT2D eigenvalue weighted by atomic mass is 9.79. The average molecular weight is 600 g/mol. The van der Waals surface area contributed by atoms with Gasteiger partial charge >= 0.3 is 0 Å². The van der Waals surface area contributed by atoms with Crippen molar-refractivity contribution in [2.24, 2.45) is 0 Å². The number of likely N-dealkylation sites (tertiary alicyclic amines) is 1. The highest BCUT2D eigenvalue weighted by Crippen LogP contribution is 2.39. The zero-order chi connectivity index (χ0) is 29.8. The van der Waals surface area contributed by atoms with Crippen LogP contribution in [0.1, 0.15) is 47.6 Å². The van der Waals surface area contributed by atoms with Gasteiger partial charge in [0.25, 0.3) is 0 Å². The highest BCUT2D eigenvalue weighted by atomic mass is 35.5. The van der Waals surface area contributed by atoms with Crippen LogP contribution in [0.2, 0.25) is 5.02 Å². The summed E-state index contributed by atoms with van der Waals surface area (Å²) in [6.07, 6.45) is 2.88. The molecule has 0 saturated carbocycles. The number of fused-ring (bicyclic) bond motifs is 1. The zero-order valence-electron chi connectivity index (χ0n) is 25.0. The first-order valence-electron chi connectivity index (χ1n) is 15.5. The van der Waals surface area contributed by atoms with E-state index in [4.69, 9.17) is 11.6 Å². The van der Waals surface area contributed by atoms with E-state index in [-0.39, 0.29) is 23.4 Å². The number of amides is 2. The third kappa shape index (κ3) is 6.65. The largest absolute Gasteiger partial charge is 0.344 e. The van der Waals surface area contributed by atoms with Crippen LogP contribution in [0.15, 0.2) is 78.9 Å². The summed E-state index contributed by atoms with van der Waals surface area (Å²) in [6.45, 7) is 5.80. The highest BCUT2D eigenvalue weighted by molar-refractivity contribution is 6.30. The maximum Gasteiger partial charge on any atom is 0.245 e. The predicted octanol–water partition coefficient (Wildman–Crippen LogP) is 4.37. The first-order valence-corrected chi connectivity index (χ1v) is 15.9. The van der Waals surface area contributed by atoms with Crippen molar-refractivity contribution < 1.29 is 9.59 Å². The topological polar surface area (TPSA) is 67.9 Å². The third-order valence-electron chi connectivity index (χ3n) is 9.67. The van der Waals surface area contributed by atoms with E-state index in [9.17, 15) is 9.59 Å². The lowest BCUT2D eigenvalue weighted by molar-refractivity contribution is -0.139. The van der Waals surface area contributed by atoms with E-state index in [0.29, 0.717) is 31.0 Å². The van der Waals surface area contributed by atoms with Crippen LogP contribution in [-0.2, 0) is 28.1 Å². The number of carbonyl (C=O) groups is 2. The lowest BCUT2D eigenvalue weighted by Gasteiger charge is -2.51. The van der Waals surface area contributed by atoms with Crippen LogP contribution in [0.4, 0.5) is 0 Å². The molecule has 0 bridgehead atoms. The maximum absolute atomic E-state index is 14.1. The van der Waals surface area contributed by atoms with E-state index in [1.165, 1.54) is 11.1 Å². The summed E-state index contributed by atoms with van der Waals surface area (Å²) in [5.74, 6) is -0.130. The molecule has 0 aliphatic carbocycles. The van der Waals surface area contributed by atoms with Crippen LogP contribution in [0.3, 0.4) is 0 Å². The molecule has 0 radical (unpaired) electrons. The second-order valence-corrected chi connectivity index (χ2v) is 12.7. The third-order valence-corrected chi connectivity index (χ3v) is 9.92. The van der Waals surface area contributed by atoms with Gasteiger partial charge in [0.2, 0.25) is 11.8 Å². The minimum Gasteiger partial charge on any atom is -0.344 e. The molecular formula is C35H42ClN5O2. The number of halogens is 1. The summed E-state index contributed by atoms with van der Waals surface area (Å²) < 4.78 is 0. The van der Waals surface area contributed by atoms with Gasteiger partial charge < -0.3 is 20.4 Å². The van der Waals surface area contributed by atoms with Crippen molar-refractivity contribution in [1.29, 1.82) is 0 Å². The van der Waals surface area contributed by atoms with Gasteiger partial charge in [-0.25, -0.2) is 0 Å². The molecule has 2 fully saturated rings. The molecule has 3 aromatic rings. The van der Waals surface area contributed by atoms with Gasteiger partial charge in [-0.05, 0) is 67.4 Å². The second kappa shape index (κ2) is 13.2. The molecule has 43 heavy (non-hydrogen) atoms. The monoisotopic (exact) mass is 599 g/mol. The minimum atomic E-state index is -0.636. The number of carbonyl (C=O) groups excluding carboxylic acids is 2. The van der Waals surface area contributed by atoms with Gasteiger partial charge in [0, 0.05) is 62.2 Å². The van der Waals surface area contributed by atoms with Gasteiger partial charge in [-0.15, -0.1) is 0 Å². The van der Waals surface area contributed by atoms with Gasteiger partial charge in [-0.1, -0.05) is 78.3 Å². The maximum atomic E-state index is 14.1. The predicted molar refractivity (Wildman–Crippen MR) is 171 cm³/mol. The van der Waals surface area contributed by atoms with Gasteiger partial charge in [-0.2, -0.15) is 0 Å². The Morgan fingerprint density at radius 3 is 2.30 bits per heavy atom. The molecule has 0 aromatic heterocycles. The Balaban J connectivity index is 1.15. The van der Waals surface area contributed by atoms with Gasteiger partial charge in [0.05, 0.1) is 0 Å². The van der Waals surface area contributed by atoms with Crippen molar-refractivity contribution in [3.05, 3.63) is 106 Å². The Labute approximate surface area is 260 Å². The number of rotatable bonds is 8. The number of nitrogens with zero attached hydrogens (tertiary/aromatic N) is 3. The van der Waals surface area contributed by atoms with Crippen molar-refractivity contribution in [3.63, 3.8) is 0 Å². The molecule has 0 spiro atoms. The fourth-order valence-electron chi connectivity index (χ4n) is 7.15. The van der Waals surface area contributed by atoms with E-state index >= 15 is 0 Å². The fraction of sp³-hybridized carbons (Fsp3) is 0.429. The molecule has 2 atom stereocenters. The minimum absolute atomic E-state index is 0.00952. The number of hydrogen-bond acceptors (Lipinski definition) is 5. The number of piperazine rings is 1. The van der Waals surface area contributed by atoms with E-state index in [1.807, 2.05) is 41.3 Å². The summed E-state index contributed by atoms with van der Waals surface area (Å²) in [5.41, 5.74) is 4.73. The van der Waals surface area contributed by atoms with Crippen molar-refractivity contribution in [3.8, 4) is 0 Å². The molecule has 226 valence electrons. The van der Waals surface area contributed by atoms with E-state index in [1.54, 1.807) is 0 Å². The molecular weight excluding hydrogens is 558 g/mol. The Bertz CT molecular complexity index is 1400. The van der Waals surface area contributed by atoms with Crippen LogP contribution >= 0.6 is 11.6 Å². The quantitative estimate of drug-likeness (QED) is 0.403. The molecule has 3 aliphatic heterocycles. The summed E-state index contributed by atoms with van der Waals surface area (Å²) >= 11 is 6.14. The van der Waals surface area contributed by atoms with Crippen molar-refractivity contribution in [2.45, 2.75) is 49.9 Å². The van der Waals surface area contributed by atoms with Crippen LogP contribution in [-0.4, -0.2) is 78.9 Å². The molecule has 2 N–H and O–H groups in total. The van der Waals surface area contributed by atoms with Gasteiger partial charge in [0.1, 0.15) is 6.04 Å². The highest BCUT2D eigenvalue weighted by Gasteiger charge is 2.42. The van der Waals surface area contributed by atoms with Crippen molar-refractivity contribution in [2.75, 3.05) is 46.3 Å².